The summed E-state index contributed by atoms with van der Waals surface area (Å²) in [6.45, 7) is 0. The highest BCUT2D eigenvalue weighted by atomic mass is 15.2. The molecule has 9 aromatic carbocycles. The highest BCUT2D eigenvalue weighted by Crippen LogP contribution is 2.49. The number of anilines is 3. The number of rotatable bonds is 8. The molecule has 264 valence electrons. The van der Waals surface area contributed by atoms with Crippen LogP contribution in [0.25, 0.3) is 72.0 Å². The number of aromatic nitrogens is 1. The number of nitrogens with zero attached hydrogens (tertiary/aromatic N) is 2. The van der Waals surface area contributed by atoms with Gasteiger partial charge in [0.25, 0.3) is 0 Å². The van der Waals surface area contributed by atoms with E-state index in [0.717, 1.165) is 28.3 Å². The van der Waals surface area contributed by atoms with E-state index in [0.29, 0.717) is 0 Å². The van der Waals surface area contributed by atoms with E-state index in [1.165, 1.54) is 60.8 Å². The van der Waals surface area contributed by atoms with Gasteiger partial charge < -0.3 is 9.47 Å². The first kappa shape index (κ1) is 33.2. The van der Waals surface area contributed by atoms with Crippen molar-refractivity contribution in [1.29, 1.82) is 0 Å². The Balaban J connectivity index is 1.28. The monoisotopic (exact) mass is 714 g/mol. The lowest BCUT2D eigenvalue weighted by Crippen LogP contribution is -2.12. The van der Waals surface area contributed by atoms with E-state index in [4.69, 9.17) is 0 Å². The maximum atomic E-state index is 2.48. The van der Waals surface area contributed by atoms with Gasteiger partial charge in [0.05, 0.1) is 28.1 Å². The first-order valence-electron chi connectivity index (χ1n) is 19.2. The molecule has 0 bridgehead atoms. The molecule has 2 heteroatoms. The van der Waals surface area contributed by atoms with E-state index in [9.17, 15) is 0 Å². The Bertz CT molecular complexity index is 2930. The van der Waals surface area contributed by atoms with E-state index in [1.807, 2.05) is 0 Å². The quantitative estimate of drug-likeness (QED) is 0.152. The summed E-state index contributed by atoms with van der Waals surface area (Å²) < 4.78 is 2.45. The molecule has 2 nitrogen and oxygen atoms in total. The predicted octanol–water partition coefficient (Wildman–Crippen LogP) is 14.9. The molecule has 1 heterocycles. The van der Waals surface area contributed by atoms with E-state index in [2.05, 4.69) is 240 Å². The maximum absolute atomic E-state index is 2.48. The summed E-state index contributed by atoms with van der Waals surface area (Å²) in [6.07, 6.45) is 0. The van der Waals surface area contributed by atoms with E-state index >= 15 is 0 Å². The number of hydrogen-bond donors (Lipinski definition) is 0. The lowest BCUT2D eigenvalue weighted by Gasteiger charge is -2.30. The van der Waals surface area contributed by atoms with Crippen LogP contribution in [-0.4, -0.2) is 4.57 Å². The average Bonchev–Trinajstić information content (AvgIpc) is 3.63. The molecule has 0 aliphatic heterocycles. The second-order valence-corrected chi connectivity index (χ2v) is 14.1. The van der Waals surface area contributed by atoms with Crippen molar-refractivity contribution < 1.29 is 0 Å². The smallest absolute Gasteiger partial charge is 0.0562 e. The third-order valence-corrected chi connectivity index (χ3v) is 10.8. The molecule has 0 unspecified atom stereocenters. The van der Waals surface area contributed by atoms with Gasteiger partial charge in [-0.25, -0.2) is 0 Å². The van der Waals surface area contributed by atoms with Crippen LogP contribution in [0.1, 0.15) is 0 Å². The van der Waals surface area contributed by atoms with Gasteiger partial charge in [-0.1, -0.05) is 188 Å². The Morgan fingerprint density at radius 2 is 0.786 bits per heavy atom. The molecule has 0 aliphatic carbocycles. The van der Waals surface area contributed by atoms with Gasteiger partial charge in [-0.05, 0) is 75.8 Å². The first-order valence-corrected chi connectivity index (χ1v) is 19.2. The van der Waals surface area contributed by atoms with Crippen LogP contribution < -0.4 is 4.90 Å². The Hall–Kier alpha value is -7.42. The Kier molecular flexibility index (Phi) is 8.55. The van der Waals surface area contributed by atoms with Gasteiger partial charge in [0.1, 0.15) is 0 Å². The molecule has 0 saturated carbocycles. The first-order chi connectivity index (χ1) is 27.8. The summed E-state index contributed by atoms with van der Waals surface area (Å²) in [5, 5.41) is 2.40. The van der Waals surface area contributed by atoms with E-state index in [1.54, 1.807) is 0 Å². The molecule has 56 heavy (non-hydrogen) atoms. The van der Waals surface area contributed by atoms with Crippen molar-refractivity contribution in [3.63, 3.8) is 0 Å². The minimum Gasteiger partial charge on any atom is -0.309 e. The van der Waals surface area contributed by atoms with E-state index in [-0.39, 0.29) is 0 Å². The van der Waals surface area contributed by atoms with E-state index < -0.39 is 0 Å². The maximum Gasteiger partial charge on any atom is 0.0562 e. The third kappa shape index (κ3) is 5.85. The lowest BCUT2D eigenvalue weighted by atomic mass is 9.92. The Labute approximate surface area is 327 Å². The fraction of sp³-hybridized carbons (Fsp3) is 0. The largest absolute Gasteiger partial charge is 0.309 e. The Morgan fingerprint density at radius 3 is 1.48 bits per heavy atom. The lowest BCUT2D eigenvalue weighted by molar-refractivity contribution is 1.18. The van der Waals surface area contributed by atoms with Crippen molar-refractivity contribution in [2.75, 3.05) is 4.90 Å². The number of benzene rings is 9. The third-order valence-electron chi connectivity index (χ3n) is 10.8. The summed E-state index contributed by atoms with van der Waals surface area (Å²) in [5.41, 5.74) is 16.3. The number of hydrogen-bond acceptors (Lipinski definition) is 1. The molecular formula is C54H38N2. The summed E-state index contributed by atoms with van der Waals surface area (Å²) in [7, 11) is 0. The van der Waals surface area contributed by atoms with Gasteiger partial charge in [-0.2, -0.15) is 0 Å². The molecule has 0 radical (unpaired) electrons. The van der Waals surface area contributed by atoms with Crippen LogP contribution in [0.4, 0.5) is 17.1 Å². The second kappa shape index (κ2) is 14.4. The fourth-order valence-corrected chi connectivity index (χ4v) is 8.31. The van der Waals surface area contributed by atoms with Crippen LogP contribution in [0, 0.1) is 0 Å². The zero-order valence-corrected chi connectivity index (χ0v) is 30.8. The van der Waals surface area contributed by atoms with Crippen LogP contribution in [-0.2, 0) is 0 Å². The molecule has 0 aliphatic rings. The molecule has 0 atom stereocenters. The topological polar surface area (TPSA) is 8.17 Å². The minimum absolute atomic E-state index is 1.08. The number of para-hydroxylation sites is 2. The van der Waals surface area contributed by atoms with Crippen molar-refractivity contribution in [1.82, 2.24) is 4.57 Å². The molecule has 0 amide bonds. The average molecular weight is 715 g/mol. The minimum atomic E-state index is 1.08. The van der Waals surface area contributed by atoms with Crippen LogP contribution in [0.2, 0.25) is 0 Å². The second-order valence-electron chi connectivity index (χ2n) is 14.1. The summed E-state index contributed by atoms with van der Waals surface area (Å²) in [5.74, 6) is 0. The van der Waals surface area contributed by atoms with Gasteiger partial charge in [0.2, 0.25) is 0 Å². The summed E-state index contributed by atoms with van der Waals surface area (Å²) in [6, 6.07) is 83.1. The van der Waals surface area contributed by atoms with Gasteiger partial charge in [-0.3, -0.25) is 0 Å². The SMILES string of the molecule is c1ccc(-c2ccc(N(c3cccc(-c4ccccc4)c3-c3ccccc3)c3cccc4c3c3ccccc3n4-c3ccccc3-c3ccccc3)cc2)cc1. The summed E-state index contributed by atoms with van der Waals surface area (Å²) in [4.78, 5) is 2.48. The standard InChI is InChI=1S/C54H38N2/c1-5-19-39(20-6-1)40-35-37-44(38-36-40)55(50-32-17-29-46(42-23-9-3-10-24-42)53(50)43-25-11-4-12-26-43)51-33-18-34-52-54(51)47-28-14-16-31-49(47)56(52)48-30-15-13-27-45(48)41-21-7-2-8-22-41/h1-38H. The molecule has 0 saturated heterocycles. The van der Waals surface area contributed by atoms with Gasteiger partial charge in [0.15, 0.2) is 0 Å². The summed E-state index contributed by atoms with van der Waals surface area (Å²) >= 11 is 0. The van der Waals surface area contributed by atoms with Crippen LogP contribution >= 0.6 is 0 Å². The molecular weight excluding hydrogens is 677 g/mol. The highest BCUT2D eigenvalue weighted by Gasteiger charge is 2.25. The van der Waals surface area contributed by atoms with Gasteiger partial charge in [-0.15, -0.1) is 0 Å². The molecule has 1 aromatic heterocycles. The fourth-order valence-electron chi connectivity index (χ4n) is 8.31. The Morgan fingerprint density at radius 1 is 0.304 bits per heavy atom. The normalized spacial score (nSPS) is 11.2. The van der Waals surface area contributed by atoms with Crippen molar-refractivity contribution in [3.05, 3.63) is 231 Å². The molecule has 0 N–H and O–H groups in total. The zero-order chi connectivity index (χ0) is 37.3. The zero-order valence-electron chi connectivity index (χ0n) is 30.8. The van der Waals surface area contributed by atoms with Crippen molar-refractivity contribution >= 4 is 38.9 Å². The van der Waals surface area contributed by atoms with Crippen LogP contribution in [0.5, 0.6) is 0 Å². The van der Waals surface area contributed by atoms with Crippen LogP contribution in [0.15, 0.2) is 231 Å². The molecule has 0 fully saturated rings. The van der Waals surface area contributed by atoms with Gasteiger partial charge in [0, 0.05) is 27.6 Å². The molecule has 10 aromatic rings. The van der Waals surface area contributed by atoms with Crippen molar-refractivity contribution in [2.45, 2.75) is 0 Å². The molecule has 10 rings (SSSR count). The van der Waals surface area contributed by atoms with Crippen molar-refractivity contribution in [3.8, 4) is 50.2 Å². The molecule has 0 spiro atoms. The van der Waals surface area contributed by atoms with Crippen molar-refractivity contribution in [2.24, 2.45) is 0 Å². The van der Waals surface area contributed by atoms with Crippen LogP contribution in [0.3, 0.4) is 0 Å². The predicted molar refractivity (Wildman–Crippen MR) is 237 cm³/mol. The highest BCUT2D eigenvalue weighted by molar-refractivity contribution is 6.17. The van der Waals surface area contributed by atoms with Gasteiger partial charge >= 0.3 is 0 Å². The number of fused-ring (bicyclic) bond motifs is 3.